The third-order valence-electron chi connectivity index (χ3n) is 3.85. The Morgan fingerprint density at radius 3 is 2.41 bits per heavy atom. The predicted molar refractivity (Wildman–Crippen MR) is 107 cm³/mol. The molecule has 2 rings (SSSR count). The standard InChI is InChI=1S/C20H28N4O3/c1-14(2)10-11-22-20(21)24-13-15-8-9-18(23-12-15)27-19-16(25-3)6-5-7-17(19)26-4/h5-9,12,14H,10-11,13H2,1-4H3,(H3,21,22,24). The van der Waals surface area contributed by atoms with E-state index in [0.29, 0.717) is 41.6 Å². The molecular formula is C20H28N4O3. The van der Waals surface area contributed by atoms with E-state index in [1.807, 2.05) is 12.1 Å². The Morgan fingerprint density at radius 2 is 1.85 bits per heavy atom. The van der Waals surface area contributed by atoms with Crippen LogP contribution in [-0.4, -0.2) is 31.7 Å². The number of nitrogens with zero attached hydrogens (tertiary/aromatic N) is 2. The molecule has 0 saturated carbocycles. The van der Waals surface area contributed by atoms with Gasteiger partial charge in [-0.1, -0.05) is 26.0 Å². The largest absolute Gasteiger partial charge is 0.493 e. The van der Waals surface area contributed by atoms with Crippen molar-refractivity contribution in [3.8, 4) is 23.1 Å². The minimum absolute atomic E-state index is 0.438. The molecule has 2 aromatic rings. The molecule has 0 bridgehead atoms. The van der Waals surface area contributed by atoms with Crippen molar-refractivity contribution in [1.82, 2.24) is 10.3 Å². The van der Waals surface area contributed by atoms with Crippen LogP contribution in [0.25, 0.3) is 0 Å². The molecule has 0 aliphatic rings. The van der Waals surface area contributed by atoms with Crippen LogP contribution < -0.4 is 25.3 Å². The maximum absolute atomic E-state index is 5.87. The van der Waals surface area contributed by atoms with Crippen molar-refractivity contribution in [2.45, 2.75) is 26.8 Å². The Kier molecular flexibility index (Phi) is 7.73. The minimum Gasteiger partial charge on any atom is -0.493 e. The van der Waals surface area contributed by atoms with Crippen molar-refractivity contribution in [2.24, 2.45) is 16.6 Å². The van der Waals surface area contributed by atoms with Gasteiger partial charge in [0.25, 0.3) is 0 Å². The number of ether oxygens (including phenoxy) is 3. The summed E-state index contributed by atoms with van der Waals surface area (Å²) in [5.41, 5.74) is 6.80. The highest BCUT2D eigenvalue weighted by atomic mass is 16.5. The van der Waals surface area contributed by atoms with Gasteiger partial charge in [-0.25, -0.2) is 9.98 Å². The molecule has 0 aliphatic heterocycles. The van der Waals surface area contributed by atoms with E-state index in [-0.39, 0.29) is 0 Å². The highest BCUT2D eigenvalue weighted by Crippen LogP contribution is 2.39. The number of methoxy groups -OCH3 is 2. The average Bonchev–Trinajstić information content (AvgIpc) is 2.67. The fraction of sp³-hybridized carbons (Fsp3) is 0.400. The van der Waals surface area contributed by atoms with Gasteiger partial charge in [0.05, 0.1) is 20.8 Å². The van der Waals surface area contributed by atoms with Crippen LogP contribution in [0.1, 0.15) is 25.8 Å². The van der Waals surface area contributed by atoms with Gasteiger partial charge in [0, 0.05) is 18.8 Å². The lowest BCUT2D eigenvalue weighted by molar-refractivity contribution is 0.342. The average molecular weight is 372 g/mol. The molecule has 0 atom stereocenters. The molecule has 1 aromatic heterocycles. The van der Waals surface area contributed by atoms with Gasteiger partial charge in [-0.2, -0.15) is 0 Å². The first-order chi connectivity index (χ1) is 13.0. The smallest absolute Gasteiger partial charge is 0.219 e. The SMILES string of the molecule is COc1cccc(OC)c1Oc1ccc(CN=C(N)NCCC(C)C)cn1. The van der Waals surface area contributed by atoms with Crippen molar-refractivity contribution in [3.05, 3.63) is 42.1 Å². The lowest BCUT2D eigenvalue weighted by Gasteiger charge is -2.13. The number of hydrogen-bond acceptors (Lipinski definition) is 5. The molecule has 3 N–H and O–H groups in total. The molecule has 0 saturated heterocycles. The molecule has 0 spiro atoms. The first kappa shape index (κ1) is 20.4. The van der Waals surface area contributed by atoms with Gasteiger partial charge in [0.2, 0.25) is 11.6 Å². The number of aliphatic imine (C=N–C) groups is 1. The number of nitrogens with one attached hydrogen (secondary N) is 1. The zero-order valence-corrected chi connectivity index (χ0v) is 16.4. The molecular weight excluding hydrogens is 344 g/mol. The molecule has 7 nitrogen and oxygen atoms in total. The Morgan fingerprint density at radius 1 is 1.15 bits per heavy atom. The van der Waals surface area contributed by atoms with Crippen molar-refractivity contribution in [2.75, 3.05) is 20.8 Å². The van der Waals surface area contributed by atoms with E-state index in [2.05, 4.69) is 29.1 Å². The van der Waals surface area contributed by atoms with Crippen LogP contribution in [0.2, 0.25) is 0 Å². The zero-order chi connectivity index (χ0) is 19.6. The summed E-state index contributed by atoms with van der Waals surface area (Å²) in [4.78, 5) is 8.65. The zero-order valence-electron chi connectivity index (χ0n) is 16.4. The van der Waals surface area contributed by atoms with Gasteiger partial charge in [0.1, 0.15) is 0 Å². The molecule has 1 heterocycles. The first-order valence-electron chi connectivity index (χ1n) is 8.91. The molecule has 0 fully saturated rings. The molecule has 0 radical (unpaired) electrons. The molecule has 0 aliphatic carbocycles. The molecule has 7 heteroatoms. The van der Waals surface area contributed by atoms with Crippen LogP contribution in [0.3, 0.4) is 0 Å². The summed E-state index contributed by atoms with van der Waals surface area (Å²) >= 11 is 0. The lowest BCUT2D eigenvalue weighted by Crippen LogP contribution is -2.32. The van der Waals surface area contributed by atoms with E-state index in [1.165, 1.54) is 0 Å². The summed E-state index contributed by atoms with van der Waals surface area (Å²) in [5, 5.41) is 3.11. The number of hydrogen-bond donors (Lipinski definition) is 2. The highest BCUT2D eigenvalue weighted by Gasteiger charge is 2.13. The van der Waals surface area contributed by atoms with E-state index >= 15 is 0 Å². The van der Waals surface area contributed by atoms with Gasteiger partial charge in [-0.15, -0.1) is 0 Å². The Bertz CT molecular complexity index is 723. The van der Waals surface area contributed by atoms with Crippen LogP contribution in [0, 0.1) is 5.92 Å². The summed E-state index contributed by atoms with van der Waals surface area (Å²) in [6.07, 6.45) is 2.76. The van der Waals surface area contributed by atoms with E-state index in [0.717, 1.165) is 18.5 Å². The summed E-state index contributed by atoms with van der Waals surface area (Å²) in [6.45, 7) is 5.61. The van der Waals surface area contributed by atoms with Gasteiger partial charge < -0.3 is 25.3 Å². The van der Waals surface area contributed by atoms with Crippen molar-refractivity contribution < 1.29 is 14.2 Å². The second-order valence-corrected chi connectivity index (χ2v) is 6.41. The number of nitrogens with two attached hydrogens (primary N) is 1. The molecule has 1 aromatic carbocycles. The Hall–Kier alpha value is -2.96. The van der Waals surface area contributed by atoms with Crippen LogP contribution in [0.15, 0.2) is 41.5 Å². The second kappa shape index (κ2) is 10.3. The van der Waals surface area contributed by atoms with Crippen molar-refractivity contribution >= 4 is 5.96 Å². The van der Waals surface area contributed by atoms with E-state index in [1.54, 1.807) is 38.6 Å². The minimum atomic E-state index is 0.438. The number of guanidine groups is 1. The normalized spacial score (nSPS) is 11.4. The predicted octanol–water partition coefficient (Wildman–Crippen LogP) is 3.34. The topological polar surface area (TPSA) is 91.0 Å². The third-order valence-corrected chi connectivity index (χ3v) is 3.85. The van der Waals surface area contributed by atoms with Crippen molar-refractivity contribution in [1.29, 1.82) is 0 Å². The highest BCUT2D eigenvalue weighted by molar-refractivity contribution is 5.77. The van der Waals surface area contributed by atoms with Crippen molar-refractivity contribution in [3.63, 3.8) is 0 Å². The van der Waals surface area contributed by atoms with Gasteiger partial charge in [-0.3, -0.25) is 0 Å². The summed E-state index contributed by atoms with van der Waals surface area (Å²) in [7, 11) is 3.16. The third kappa shape index (κ3) is 6.36. The molecule has 27 heavy (non-hydrogen) atoms. The van der Waals surface area contributed by atoms with Crippen LogP contribution >= 0.6 is 0 Å². The maximum Gasteiger partial charge on any atom is 0.219 e. The fourth-order valence-electron chi connectivity index (χ4n) is 2.31. The van der Waals surface area contributed by atoms with Gasteiger partial charge in [0.15, 0.2) is 17.5 Å². The Balaban J connectivity index is 1.98. The van der Waals surface area contributed by atoms with Gasteiger partial charge in [-0.05, 0) is 30.0 Å². The second-order valence-electron chi connectivity index (χ2n) is 6.41. The van der Waals surface area contributed by atoms with E-state index in [4.69, 9.17) is 19.9 Å². The fourth-order valence-corrected chi connectivity index (χ4v) is 2.31. The van der Waals surface area contributed by atoms with Gasteiger partial charge >= 0.3 is 0 Å². The molecule has 0 unspecified atom stereocenters. The number of para-hydroxylation sites is 1. The molecule has 146 valence electrons. The quantitative estimate of drug-likeness (QED) is 0.518. The number of aromatic nitrogens is 1. The summed E-state index contributed by atoms with van der Waals surface area (Å²) < 4.78 is 16.5. The van der Waals surface area contributed by atoms with E-state index < -0.39 is 0 Å². The van der Waals surface area contributed by atoms with Crippen LogP contribution in [0.4, 0.5) is 0 Å². The number of pyridine rings is 1. The first-order valence-corrected chi connectivity index (χ1v) is 8.91. The van der Waals surface area contributed by atoms with Crippen LogP contribution in [0.5, 0.6) is 23.1 Å². The van der Waals surface area contributed by atoms with E-state index in [9.17, 15) is 0 Å². The lowest BCUT2D eigenvalue weighted by atomic mass is 10.1. The maximum atomic E-state index is 5.87. The monoisotopic (exact) mass is 372 g/mol. The van der Waals surface area contributed by atoms with Crippen LogP contribution in [-0.2, 0) is 6.54 Å². The summed E-state index contributed by atoms with van der Waals surface area (Å²) in [6, 6.07) is 9.11. The summed E-state index contributed by atoms with van der Waals surface area (Å²) in [5.74, 6) is 3.14. The number of rotatable bonds is 9. The molecule has 0 amide bonds. The number of benzene rings is 1. The Labute approximate surface area is 160 Å².